The SMILES string of the molecule is CC(C)CC1COCCN1C(=O)c1cc(C(=O)O)ccn1. The van der Waals surface area contributed by atoms with Gasteiger partial charge in [-0.1, -0.05) is 13.8 Å². The molecule has 0 saturated carbocycles. The molecule has 2 rings (SSSR count). The fourth-order valence-electron chi connectivity index (χ4n) is 2.49. The summed E-state index contributed by atoms with van der Waals surface area (Å²) in [6, 6.07) is 2.72. The second kappa shape index (κ2) is 6.67. The Morgan fingerprint density at radius 3 is 2.95 bits per heavy atom. The maximum Gasteiger partial charge on any atom is 0.335 e. The van der Waals surface area contributed by atoms with Crippen molar-refractivity contribution in [3.63, 3.8) is 0 Å². The lowest BCUT2D eigenvalue weighted by Crippen LogP contribution is -2.49. The number of carbonyl (C=O) groups is 2. The van der Waals surface area contributed by atoms with E-state index in [1.54, 1.807) is 4.90 Å². The third-order valence-electron chi connectivity index (χ3n) is 3.46. The average molecular weight is 292 g/mol. The molecule has 0 aliphatic carbocycles. The first-order valence-corrected chi connectivity index (χ1v) is 7.07. The lowest BCUT2D eigenvalue weighted by atomic mass is 10.0. The molecule has 21 heavy (non-hydrogen) atoms. The van der Waals surface area contributed by atoms with Crippen LogP contribution < -0.4 is 0 Å². The lowest BCUT2D eigenvalue weighted by Gasteiger charge is -2.36. The molecule has 0 spiro atoms. The number of rotatable bonds is 4. The molecule has 1 fully saturated rings. The lowest BCUT2D eigenvalue weighted by molar-refractivity contribution is -0.00776. The summed E-state index contributed by atoms with van der Waals surface area (Å²) in [4.78, 5) is 29.3. The van der Waals surface area contributed by atoms with Crippen LogP contribution in [0.3, 0.4) is 0 Å². The Labute approximate surface area is 123 Å². The number of carboxylic acids is 1. The fourth-order valence-corrected chi connectivity index (χ4v) is 2.49. The molecule has 1 atom stereocenters. The van der Waals surface area contributed by atoms with Crippen LogP contribution in [0, 0.1) is 5.92 Å². The molecule has 1 aliphatic heterocycles. The van der Waals surface area contributed by atoms with Crippen molar-refractivity contribution in [2.75, 3.05) is 19.8 Å². The number of ether oxygens (including phenoxy) is 1. The first-order valence-electron chi connectivity index (χ1n) is 7.07. The van der Waals surface area contributed by atoms with Gasteiger partial charge >= 0.3 is 5.97 Å². The first kappa shape index (κ1) is 15.4. The minimum absolute atomic E-state index is 0.0153. The molecule has 1 saturated heterocycles. The average Bonchev–Trinajstić information content (AvgIpc) is 2.46. The van der Waals surface area contributed by atoms with E-state index in [9.17, 15) is 9.59 Å². The number of aromatic nitrogens is 1. The summed E-state index contributed by atoms with van der Waals surface area (Å²) >= 11 is 0. The number of carbonyl (C=O) groups excluding carboxylic acids is 1. The number of amides is 1. The minimum atomic E-state index is -1.06. The van der Waals surface area contributed by atoms with Crippen LogP contribution in [0.25, 0.3) is 0 Å². The molecule has 1 aromatic rings. The highest BCUT2D eigenvalue weighted by molar-refractivity contribution is 5.96. The van der Waals surface area contributed by atoms with E-state index in [1.807, 2.05) is 0 Å². The van der Waals surface area contributed by atoms with Gasteiger partial charge in [0, 0.05) is 12.7 Å². The van der Waals surface area contributed by atoms with Crippen molar-refractivity contribution < 1.29 is 19.4 Å². The zero-order chi connectivity index (χ0) is 15.4. The summed E-state index contributed by atoms with van der Waals surface area (Å²) in [5.41, 5.74) is 0.243. The smallest absolute Gasteiger partial charge is 0.335 e. The van der Waals surface area contributed by atoms with Gasteiger partial charge in [0.05, 0.1) is 24.8 Å². The summed E-state index contributed by atoms with van der Waals surface area (Å²) in [6.07, 6.45) is 2.21. The molecular formula is C15H20N2O4. The first-order chi connectivity index (χ1) is 9.99. The van der Waals surface area contributed by atoms with Gasteiger partial charge in [-0.15, -0.1) is 0 Å². The summed E-state index contributed by atoms with van der Waals surface area (Å²) in [6.45, 7) is 5.72. The Morgan fingerprint density at radius 1 is 1.52 bits per heavy atom. The van der Waals surface area contributed by atoms with Crippen LogP contribution in [-0.2, 0) is 4.74 Å². The molecule has 1 unspecified atom stereocenters. The predicted octanol–water partition coefficient (Wildman–Crippen LogP) is 1.67. The molecule has 1 N–H and O–H groups in total. The molecule has 6 heteroatoms. The molecule has 0 aromatic carbocycles. The maximum atomic E-state index is 12.6. The van der Waals surface area contributed by atoms with Gasteiger partial charge in [0.2, 0.25) is 0 Å². The van der Waals surface area contributed by atoms with E-state index >= 15 is 0 Å². The van der Waals surface area contributed by atoms with Crippen molar-refractivity contribution in [1.29, 1.82) is 0 Å². The van der Waals surface area contributed by atoms with Gasteiger partial charge in [-0.3, -0.25) is 9.78 Å². The molecule has 0 bridgehead atoms. The topological polar surface area (TPSA) is 79.7 Å². The van der Waals surface area contributed by atoms with E-state index < -0.39 is 5.97 Å². The molecule has 2 heterocycles. The summed E-state index contributed by atoms with van der Waals surface area (Å²) in [5, 5.41) is 9.00. The van der Waals surface area contributed by atoms with Gasteiger partial charge in [-0.2, -0.15) is 0 Å². The van der Waals surface area contributed by atoms with E-state index in [4.69, 9.17) is 9.84 Å². The molecule has 1 aromatic heterocycles. The molecule has 1 aliphatic rings. The van der Waals surface area contributed by atoms with Crippen molar-refractivity contribution >= 4 is 11.9 Å². The Kier molecular flexibility index (Phi) is 4.90. The van der Waals surface area contributed by atoms with E-state index in [1.165, 1.54) is 18.3 Å². The van der Waals surface area contributed by atoms with Gasteiger partial charge < -0.3 is 14.7 Å². The maximum absolute atomic E-state index is 12.6. The van der Waals surface area contributed by atoms with Crippen LogP contribution in [0.2, 0.25) is 0 Å². The van der Waals surface area contributed by atoms with Gasteiger partial charge in [0.1, 0.15) is 5.69 Å². The van der Waals surface area contributed by atoms with Crippen LogP contribution in [0.15, 0.2) is 18.3 Å². The third-order valence-corrected chi connectivity index (χ3v) is 3.46. The molecular weight excluding hydrogens is 272 g/mol. The highest BCUT2D eigenvalue weighted by atomic mass is 16.5. The van der Waals surface area contributed by atoms with Crippen LogP contribution in [0.1, 0.15) is 41.1 Å². The number of hydrogen-bond acceptors (Lipinski definition) is 4. The molecule has 6 nitrogen and oxygen atoms in total. The van der Waals surface area contributed by atoms with Crippen molar-refractivity contribution in [2.45, 2.75) is 26.3 Å². The normalized spacial score (nSPS) is 18.8. The van der Waals surface area contributed by atoms with Crippen molar-refractivity contribution in [1.82, 2.24) is 9.88 Å². The van der Waals surface area contributed by atoms with Gasteiger partial charge in [0.15, 0.2) is 0 Å². The number of hydrogen-bond donors (Lipinski definition) is 1. The second-order valence-electron chi connectivity index (χ2n) is 5.59. The monoisotopic (exact) mass is 292 g/mol. The zero-order valence-corrected chi connectivity index (χ0v) is 12.3. The van der Waals surface area contributed by atoms with Crippen LogP contribution in [-0.4, -0.2) is 52.7 Å². The molecule has 1 amide bonds. The van der Waals surface area contributed by atoms with E-state index in [0.717, 1.165) is 6.42 Å². The van der Waals surface area contributed by atoms with E-state index in [0.29, 0.717) is 25.7 Å². The number of carboxylic acid groups (broad SMARTS) is 1. The Hall–Kier alpha value is -1.95. The van der Waals surface area contributed by atoms with Crippen LogP contribution in [0.5, 0.6) is 0 Å². The minimum Gasteiger partial charge on any atom is -0.478 e. The summed E-state index contributed by atoms with van der Waals surface area (Å²) in [5.74, 6) is -0.843. The zero-order valence-electron chi connectivity index (χ0n) is 12.3. The highest BCUT2D eigenvalue weighted by Crippen LogP contribution is 2.18. The summed E-state index contributed by atoms with van der Waals surface area (Å²) < 4.78 is 5.45. The van der Waals surface area contributed by atoms with E-state index in [-0.39, 0.29) is 23.2 Å². The Bertz CT molecular complexity index is 530. The predicted molar refractivity (Wildman–Crippen MR) is 76.3 cm³/mol. The van der Waals surface area contributed by atoms with Crippen LogP contribution >= 0.6 is 0 Å². The number of pyridine rings is 1. The van der Waals surface area contributed by atoms with Gasteiger partial charge in [0.25, 0.3) is 5.91 Å². The Morgan fingerprint density at radius 2 is 2.29 bits per heavy atom. The quantitative estimate of drug-likeness (QED) is 0.913. The fraction of sp³-hybridized carbons (Fsp3) is 0.533. The second-order valence-corrected chi connectivity index (χ2v) is 5.59. The van der Waals surface area contributed by atoms with Crippen LogP contribution in [0.4, 0.5) is 0 Å². The summed E-state index contributed by atoms with van der Waals surface area (Å²) in [7, 11) is 0. The standard InChI is InChI=1S/C15H20N2O4/c1-10(2)7-12-9-21-6-5-17(12)14(18)13-8-11(15(19)20)3-4-16-13/h3-4,8,10,12H,5-7,9H2,1-2H3,(H,19,20). The van der Waals surface area contributed by atoms with Crippen molar-refractivity contribution in [2.24, 2.45) is 5.92 Å². The number of aromatic carboxylic acids is 1. The molecule has 0 radical (unpaired) electrons. The van der Waals surface area contributed by atoms with Crippen molar-refractivity contribution in [3.05, 3.63) is 29.6 Å². The van der Waals surface area contributed by atoms with Gasteiger partial charge in [-0.25, -0.2) is 4.79 Å². The Balaban J connectivity index is 2.20. The third kappa shape index (κ3) is 3.78. The number of nitrogens with zero attached hydrogens (tertiary/aromatic N) is 2. The largest absolute Gasteiger partial charge is 0.478 e. The number of morpholine rings is 1. The van der Waals surface area contributed by atoms with Crippen molar-refractivity contribution in [3.8, 4) is 0 Å². The van der Waals surface area contributed by atoms with E-state index in [2.05, 4.69) is 18.8 Å². The molecule has 114 valence electrons. The highest BCUT2D eigenvalue weighted by Gasteiger charge is 2.29. The van der Waals surface area contributed by atoms with Gasteiger partial charge in [-0.05, 0) is 24.5 Å².